The van der Waals surface area contributed by atoms with E-state index in [0.717, 1.165) is 24.8 Å². The van der Waals surface area contributed by atoms with Crippen LogP contribution in [0.15, 0.2) is 12.4 Å². The van der Waals surface area contributed by atoms with Crippen molar-refractivity contribution in [3.05, 3.63) is 18.2 Å². The molecule has 4 heteroatoms. The van der Waals surface area contributed by atoms with Gasteiger partial charge in [0.15, 0.2) is 0 Å². The minimum Gasteiger partial charge on any atom is -0.335 e. The Balaban J connectivity index is 1.84. The summed E-state index contributed by atoms with van der Waals surface area (Å²) in [7, 11) is 0. The molecule has 1 heterocycles. The van der Waals surface area contributed by atoms with E-state index >= 15 is 0 Å². The van der Waals surface area contributed by atoms with Gasteiger partial charge in [0.1, 0.15) is 5.82 Å². The number of imidazole rings is 1. The van der Waals surface area contributed by atoms with Gasteiger partial charge in [-0.05, 0) is 25.8 Å². The molecule has 2 rings (SSSR count). The Kier molecular flexibility index (Phi) is 7.65. The predicted molar refractivity (Wildman–Crippen MR) is 93.0 cm³/mol. The van der Waals surface area contributed by atoms with E-state index in [1.807, 2.05) is 6.20 Å². The molecule has 0 saturated heterocycles. The number of hydrogen-bond donors (Lipinski definition) is 1. The van der Waals surface area contributed by atoms with Gasteiger partial charge in [0, 0.05) is 42.4 Å². The van der Waals surface area contributed by atoms with Gasteiger partial charge >= 0.3 is 0 Å². The number of nitrogens with one attached hydrogen (secondary N) is 1. The van der Waals surface area contributed by atoms with E-state index in [-0.39, 0.29) is 0 Å². The highest BCUT2D eigenvalue weighted by Crippen LogP contribution is 2.28. The van der Waals surface area contributed by atoms with Crippen LogP contribution in [-0.4, -0.2) is 33.1 Å². The molecule has 0 bridgehead atoms. The van der Waals surface area contributed by atoms with E-state index in [2.05, 4.69) is 46.7 Å². The van der Waals surface area contributed by atoms with E-state index in [1.54, 1.807) is 0 Å². The fourth-order valence-electron chi connectivity index (χ4n) is 3.16. The molecule has 0 amide bonds. The summed E-state index contributed by atoms with van der Waals surface area (Å²) in [6.45, 7) is 6.57. The number of nitrogens with zero attached hydrogens (tertiary/aromatic N) is 2. The number of rotatable bonds is 9. The minimum absolute atomic E-state index is 0.555. The molecule has 1 fully saturated rings. The molecule has 0 radical (unpaired) electrons. The predicted octanol–water partition coefficient (Wildman–Crippen LogP) is 3.88. The first-order valence-corrected chi connectivity index (χ1v) is 9.73. The molecular formula is C17H31N3S. The molecule has 1 unspecified atom stereocenters. The maximum atomic E-state index is 4.57. The number of aryl methyl sites for hydroxylation is 1. The number of likely N-dealkylation sites (N-methyl/N-ethyl adjacent to an activating group) is 1. The second-order valence-electron chi connectivity index (χ2n) is 6.09. The van der Waals surface area contributed by atoms with Crippen LogP contribution in [0.4, 0.5) is 0 Å². The van der Waals surface area contributed by atoms with Crippen LogP contribution in [0, 0.1) is 0 Å². The van der Waals surface area contributed by atoms with Gasteiger partial charge in [-0.3, -0.25) is 0 Å². The normalized spacial score (nSPS) is 18.0. The Bertz CT molecular complexity index is 385. The first kappa shape index (κ1) is 16.9. The van der Waals surface area contributed by atoms with Crippen molar-refractivity contribution >= 4 is 11.8 Å². The standard InChI is InChI=1S/C17H31N3S/c1-3-11-20-12-10-19-17(20)13-15(18-4-2)14-21-16-8-6-5-7-9-16/h10,12,15-16,18H,3-9,11,13-14H2,1-2H3. The fourth-order valence-corrected chi connectivity index (χ4v) is 4.56. The van der Waals surface area contributed by atoms with Gasteiger partial charge < -0.3 is 9.88 Å². The van der Waals surface area contributed by atoms with Gasteiger partial charge in [-0.1, -0.05) is 33.1 Å². The molecule has 0 aromatic carbocycles. The molecule has 1 aromatic heterocycles. The van der Waals surface area contributed by atoms with Crippen LogP contribution in [0.1, 0.15) is 58.2 Å². The average Bonchev–Trinajstić information content (AvgIpc) is 2.94. The SMILES string of the molecule is CCCn1ccnc1CC(CSC1CCCCC1)NCC. The summed E-state index contributed by atoms with van der Waals surface area (Å²) >= 11 is 2.19. The summed E-state index contributed by atoms with van der Waals surface area (Å²) in [5.74, 6) is 2.46. The van der Waals surface area contributed by atoms with Gasteiger partial charge in [0.2, 0.25) is 0 Å². The van der Waals surface area contributed by atoms with Crippen LogP contribution in [0.5, 0.6) is 0 Å². The summed E-state index contributed by atoms with van der Waals surface area (Å²) in [4.78, 5) is 4.57. The lowest BCUT2D eigenvalue weighted by molar-refractivity contribution is 0.509. The molecule has 1 atom stereocenters. The molecule has 3 nitrogen and oxygen atoms in total. The van der Waals surface area contributed by atoms with E-state index in [0.29, 0.717) is 6.04 Å². The average molecular weight is 310 g/mol. The third-order valence-electron chi connectivity index (χ3n) is 4.27. The second-order valence-corrected chi connectivity index (χ2v) is 7.42. The maximum Gasteiger partial charge on any atom is 0.110 e. The van der Waals surface area contributed by atoms with Crippen LogP contribution >= 0.6 is 11.8 Å². The number of aromatic nitrogens is 2. The van der Waals surface area contributed by atoms with Crippen molar-refractivity contribution in [2.45, 2.75) is 76.6 Å². The summed E-state index contributed by atoms with van der Waals surface area (Å²) in [6.07, 6.45) is 13.5. The first-order chi connectivity index (χ1) is 10.3. The summed E-state index contributed by atoms with van der Waals surface area (Å²) < 4.78 is 2.32. The molecule has 1 saturated carbocycles. The fraction of sp³-hybridized carbons (Fsp3) is 0.824. The molecular weight excluding hydrogens is 278 g/mol. The molecule has 1 aliphatic rings. The van der Waals surface area contributed by atoms with Crippen molar-refractivity contribution in [1.82, 2.24) is 14.9 Å². The number of thioether (sulfide) groups is 1. The van der Waals surface area contributed by atoms with E-state index in [9.17, 15) is 0 Å². The highest BCUT2D eigenvalue weighted by Gasteiger charge is 2.18. The van der Waals surface area contributed by atoms with Crippen molar-refractivity contribution in [3.63, 3.8) is 0 Å². The van der Waals surface area contributed by atoms with Crippen molar-refractivity contribution in [2.75, 3.05) is 12.3 Å². The highest BCUT2D eigenvalue weighted by molar-refractivity contribution is 7.99. The monoisotopic (exact) mass is 309 g/mol. The molecule has 21 heavy (non-hydrogen) atoms. The molecule has 0 spiro atoms. The van der Waals surface area contributed by atoms with Crippen molar-refractivity contribution in [1.29, 1.82) is 0 Å². The zero-order valence-electron chi connectivity index (χ0n) is 13.7. The van der Waals surface area contributed by atoms with E-state index < -0.39 is 0 Å². The van der Waals surface area contributed by atoms with Gasteiger partial charge in [-0.25, -0.2) is 4.98 Å². The largest absolute Gasteiger partial charge is 0.335 e. The molecule has 1 N–H and O–H groups in total. The third-order valence-corrected chi connectivity index (χ3v) is 5.81. The zero-order chi connectivity index (χ0) is 14.9. The van der Waals surface area contributed by atoms with Crippen LogP contribution in [-0.2, 0) is 13.0 Å². The topological polar surface area (TPSA) is 29.9 Å². The second kappa shape index (κ2) is 9.52. The lowest BCUT2D eigenvalue weighted by atomic mass is 10.0. The summed E-state index contributed by atoms with van der Waals surface area (Å²) in [6, 6.07) is 0.555. The smallest absolute Gasteiger partial charge is 0.110 e. The molecule has 0 aliphatic heterocycles. The van der Waals surface area contributed by atoms with Gasteiger partial charge in [-0.2, -0.15) is 11.8 Å². The molecule has 1 aliphatic carbocycles. The van der Waals surface area contributed by atoms with Crippen molar-refractivity contribution < 1.29 is 0 Å². The first-order valence-electron chi connectivity index (χ1n) is 8.68. The number of hydrogen-bond acceptors (Lipinski definition) is 3. The summed E-state index contributed by atoms with van der Waals surface area (Å²) in [5.41, 5.74) is 0. The highest BCUT2D eigenvalue weighted by atomic mass is 32.2. The van der Waals surface area contributed by atoms with Gasteiger partial charge in [-0.15, -0.1) is 0 Å². The van der Waals surface area contributed by atoms with Crippen molar-refractivity contribution in [2.24, 2.45) is 0 Å². The quantitative estimate of drug-likeness (QED) is 0.751. The third kappa shape index (κ3) is 5.67. The van der Waals surface area contributed by atoms with Crippen molar-refractivity contribution in [3.8, 4) is 0 Å². The van der Waals surface area contributed by atoms with Crippen LogP contribution < -0.4 is 5.32 Å². The van der Waals surface area contributed by atoms with E-state index in [4.69, 9.17) is 0 Å². The Morgan fingerprint density at radius 2 is 2.14 bits per heavy atom. The molecule has 1 aromatic rings. The zero-order valence-corrected chi connectivity index (χ0v) is 14.5. The maximum absolute atomic E-state index is 4.57. The molecule has 120 valence electrons. The van der Waals surface area contributed by atoms with Gasteiger partial charge in [0.05, 0.1) is 0 Å². The summed E-state index contributed by atoms with van der Waals surface area (Å²) in [5, 5.41) is 4.55. The van der Waals surface area contributed by atoms with Crippen LogP contribution in [0.2, 0.25) is 0 Å². The van der Waals surface area contributed by atoms with Crippen LogP contribution in [0.25, 0.3) is 0 Å². The minimum atomic E-state index is 0.555. The Morgan fingerprint density at radius 3 is 2.86 bits per heavy atom. The Labute approximate surface area is 134 Å². The van der Waals surface area contributed by atoms with E-state index in [1.165, 1.54) is 50.1 Å². The lowest BCUT2D eigenvalue weighted by Gasteiger charge is -2.24. The lowest BCUT2D eigenvalue weighted by Crippen LogP contribution is -2.35. The van der Waals surface area contributed by atoms with Crippen LogP contribution in [0.3, 0.4) is 0 Å². The Morgan fingerprint density at radius 1 is 1.33 bits per heavy atom. The Hall–Kier alpha value is -0.480. The van der Waals surface area contributed by atoms with Gasteiger partial charge in [0.25, 0.3) is 0 Å².